The predicted octanol–water partition coefficient (Wildman–Crippen LogP) is 5.88. The number of amides is 1. The van der Waals surface area contributed by atoms with Gasteiger partial charge in [0.15, 0.2) is 0 Å². The molecule has 2 aromatic rings. The van der Waals surface area contributed by atoms with Crippen molar-refractivity contribution in [2.24, 2.45) is 29.6 Å². The number of pyridine rings is 1. The predicted molar refractivity (Wildman–Crippen MR) is 134 cm³/mol. The molecule has 2 heterocycles. The number of rotatable bonds is 5. The summed E-state index contributed by atoms with van der Waals surface area (Å²) in [5.41, 5.74) is 2.44. The number of cyclic esters (lactones) is 1. The quantitative estimate of drug-likeness (QED) is 0.527. The van der Waals surface area contributed by atoms with E-state index in [1.54, 1.807) is 17.2 Å². The summed E-state index contributed by atoms with van der Waals surface area (Å²) in [6, 6.07) is 10.3. The van der Waals surface area contributed by atoms with E-state index < -0.39 is 6.09 Å². The Balaban J connectivity index is 1.38. The first-order chi connectivity index (χ1) is 17.4. The smallest absolute Gasteiger partial charge is 0.407 e. The summed E-state index contributed by atoms with van der Waals surface area (Å²) in [5.74, 6) is 0.428. The molecule has 3 aliphatic rings. The molecule has 5 rings (SSSR count). The summed E-state index contributed by atoms with van der Waals surface area (Å²) in [6.45, 7) is 4.35. The molecule has 36 heavy (non-hydrogen) atoms. The van der Waals surface area contributed by atoms with Crippen LogP contribution in [-0.4, -0.2) is 45.7 Å². The van der Waals surface area contributed by atoms with Gasteiger partial charge in [0.1, 0.15) is 11.9 Å². The molecule has 1 aromatic carbocycles. The normalized spacial score (nSPS) is 31.5. The zero-order valence-electron chi connectivity index (χ0n) is 20.7. The Kier molecular flexibility index (Phi) is 6.82. The van der Waals surface area contributed by atoms with Crippen molar-refractivity contribution in [1.29, 1.82) is 0 Å². The summed E-state index contributed by atoms with van der Waals surface area (Å²) in [7, 11) is 0. The van der Waals surface area contributed by atoms with E-state index in [9.17, 15) is 19.1 Å². The van der Waals surface area contributed by atoms with Gasteiger partial charge >= 0.3 is 12.1 Å². The van der Waals surface area contributed by atoms with Gasteiger partial charge < -0.3 is 14.7 Å². The second-order valence-electron chi connectivity index (χ2n) is 10.4. The summed E-state index contributed by atoms with van der Waals surface area (Å²) >= 11 is 0. The molecule has 1 aromatic heterocycles. The van der Waals surface area contributed by atoms with Crippen LogP contribution in [0.15, 0.2) is 48.7 Å². The Morgan fingerprint density at radius 1 is 1.22 bits per heavy atom. The van der Waals surface area contributed by atoms with Crippen molar-refractivity contribution in [3.05, 3.63) is 60.2 Å². The molecule has 3 fully saturated rings. The lowest BCUT2D eigenvalue weighted by Gasteiger charge is -2.49. The molecule has 1 aliphatic heterocycles. The molecule has 1 saturated heterocycles. The van der Waals surface area contributed by atoms with Gasteiger partial charge in [0.25, 0.3) is 0 Å². The van der Waals surface area contributed by atoms with Crippen molar-refractivity contribution >= 4 is 18.1 Å². The average Bonchev–Trinajstić information content (AvgIpc) is 3.15. The topological polar surface area (TPSA) is 79.7 Å². The number of carbonyl (C=O) groups excluding carboxylic acids is 1. The Hall–Kier alpha value is -3.22. The maximum absolute atomic E-state index is 13.6. The van der Waals surface area contributed by atoms with Crippen molar-refractivity contribution in [2.75, 3.05) is 6.54 Å². The van der Waals surface area contributed by atoms with E-state index in [0.717, 1.165) is 42.5 Å². The van der Waals surface area contributed by atoms with Gasteiger partial charge in [-0.2, -0.15) is 0 Å². The van der Waals surface area contributed by atoms with Gasteiger partial charge in [-0.3, -0.25) is 9.78 Å². The number of carbonyl (C=O) groups is 2. The van der Waals surface area contributed by atoms with E-state index in [0.29, 0.717) is 12.5 Å². The van der Waals surface area contributed by atoms with Crippen LogP contribution in [0.1, 0.15) is 45.2 Å². The van der Waals surface area contributed by atoms with Gasteiger partial charge in [-0.05, 0) is 87.1 Å². The number of fused-ring (bicyclic) bond motifs is 2. The number of esters is 1. The molecule has 7 heteroatoms. The largest absolute Gasteiger partial charge is 0.465 e. The summed E-state index contributed by atoms with van der Waals surface area (Å²) < 4.78 is 19.3. The number of hydrogen-bond donors (Lipinski definition) is 1. The highest BCUT2D eigenvalue weighted by molar-refractivity contribution is 5.75. The summed E-state index contributed by atoms with van der Waals surface area (Å²) in [5, 5.41) is 9.63. The minimum Gasteiger partial charge on any atom is -0.465 e. The van der Waals surface area contributed by atoms with Crippen LogP contribution in [0, 0.1) is 35.4 Å². The van der Waals surface area contributed by atoms with Gasteiger partial charge in [0.2, 0.25) is 0 Å². The highest BCUT2D eigenvalue weighted by Gasteiger charge is 2.54. The number of allylic oxidation sites excluding steroid dienone is 1. The van der Waals surface area contributed by atoms with Crippen LogP contribution in [0.3, 0.4) is 0 Å². The minimum atomic E-state index is -0.868. The van der Waals surface area contributed by atoms with Crippen LogP contribution in [-0.2, 0) is 9.53 Å². The van der Waals surface area contributed by atoms with Gasteiger partial charge in [-0.15, -0.1) is 0 Å². The van der Waals surface area contributed by atoms with Crippen molar-refractivity contribution in [3.8, 4) is 11.1 Å². The van der Waals surface area contributed by atoms with E-state index in [4.69, 9.17) is 4.74 Å². The molecule has 0 radical (unpaired) electrons. The second kappa shape index (κ2) is 10.0. The lowest BCUT2D eigenvalue weighted by molar-refractivity contribution is -0.144. The number of halogens is 1. The maximum Gasteiger partial charge on any atom is 0.407 e. The maximum atomic E-state index is 13.6. The Morgan fingerprint density at radius 2 is 2.06 bits per heavy atom. The van der Waals surface area contributed by atoms with Crippen molar-refractivity contribution in [3.63, 3.8) is 0 Å². The SMILES string of the molecule is CCN(C(=O)O)[C@H]1CC[C@@H]2[C@@H](C1)C[C@H]1C(=O)O[C@H](C)[C@H]1[C@H]2/C=C/c1ccc(-c2cccc(F)c2)cn1. The van der Waals surface area contributed by atoms with Crippen LogP contribution in [0.5, 0.6) is 0 Å². The number of nitrogens with zero attached hydrogens (tertiary/aromatic N) is 2. The van der Waals surface area contributed by atoms with E-state index >= 15 is 0 Å². The second-order valence-corrected chi connectivity index (χ2v) is 10.4. The number of hydrogen-bond acceptors (Lipinski definition) is 4. The fourth-order valence-electron chi connectivity index (χ4n) is 6.98. The third-order valence-electron chi connectivity index (χ3n) is 8.58. The molecular formula is C29H33FN2O4. The van der Waals surface area contributed by atoms with E-state index in [1.807, 2.05) is 38.1 Å². The van der Waals surface area contributed by atoms with Gasteiger partial charge in [-0.25, -0.2) is 9.18 Å². The van der Waals surface area contributed by atoms with Crippen molar-refractivity contribution in [1.82, 2.24) is 9.88 Å². The number of ether oxygens (including phenoxy) is 1. The first-order valence-corrected chi connectivity index (χ1v) is 13.0. The molecule has 0 bridgehead atoms. The zero-order valence-corrected chi connectivity index (χ0v) is 20.7. The van der Waals surface area contributed by atoms with Crippen molar-refractivity contribution < 1.29 is 23.8 Å². The van der Waals surface area contributed by atoms with Gasteiger partial charge in [0, 0.05) is 30.3 Å². The third kappa shape index (κ3) is 4.63. The van der Waals surface area contributed by atoms with Crippen LogP contribution >= 0.6 is 0 Å². The third-order valence-corrected chi connectivity index (χ3v) is 8.58. The monoisotopic (exact) mass is 492 g/mol. The zero-order chi connectivity index (χ0) is 25.4. The molecular weight excluding hydrogens is 459 g/mol. The molecule has 6 nitrogen and oxygen atoms in total. The lowest BCUT2D eigenvalue weighted by atomic mass is 9.56. The fraction of sp³-hybridized carbons (Fsp3) is 0.483. The molecule has 7 atom stereocenters. The Morgan fingerprint density at radius 3 is 2.75 bits per heavy atom. The fourth-order valence-corrected chi connectivity index (χ4v) is 6.98. The summed E-state index contributed by atoms with van der Waals surface area (Å²) in [4.78, 5) is 30.6. The first kappa shape index (κ1) is 24.5. The molecule has 0 spiro atoms. The van der Waals surface area contributed by atoms with Crippen molar-refractivity contribution in [2.45, 2.75) is 51.7 Å². The van der Waals surface area contributed by atoms with E-state index in [1.165, 1.54) is 12.1 Å². The highest BCUT2D eigenvalue weighted by atomic mass is 19.1. The average molecular weight is 493 g/mol. The molecule has 2 saturated carbocycles. The van der Waals surface area contributed by atoms with E-state index in [-0.39, 0.29) is 47.6 Å². The van der Waals surface area contributed by atoms with Crippen LogP contribution in [0.25, 0.3) is 17.2 Å². The molecule has 0 unspecified atom stereocenters. The lowest BCUT2D eigenvalue weighted by Crippen LogP contribution is -2.49. The minimum absolute atomic E-state index is 0.00168. The number of aromatic nitrogens is 1. The molecule has 190 valence electrons. The molecule has 2 aliphatic carbocycles. The van der Waals surface area contributed by atoms with Gasteiger partial charge in [0.05, 0.1) is 11.6 Å². The number of carboxylic acid groups (broad SMARTS) is 1. The number of benzene rings is 1. The highest BCUT2D eigenvalue weighted by Crippen LogP contribution is 2.54. The first-order valence-electron chi connectivity index (χ1n) is 13.0. The molecule has 1 N–H and O–H groups in total. The summed E-state index contributed by atoms with van der Waals surface area (Å²) in [6.07, 6.45) is 8.32. The Bertz CT molecular complexity index is 1150. The van der Waals surface area contributed by atoms with Gasteiger partial charge in [-0.1, -0.05) is 24.3 Å². The van der Waals surface area contributed by atoms with Crippen LogP contribution in [0.2, 0.25) is 0 Å². The Labute approximate surface area is 211 Å². The molecule has 1 amide bonds. The van der Waals surface area contributed by atoms with Crippen LogP contribution in [0.4, 0.5) is 9.18 Å². The standard InChI is InChI=1S/C29H33FN2O4/c1-3-32(29(34)35)23-10-12-24-20(14-23)15-26-27(17(2)36-28(26)33)25(24)11-9-22-8-7-19(16-31-22)18-5-4-6-21(30)13-18/h4-9,11,13,16-17,20,23-27H,3,10,12,14-15H2,1-2H3,(H,34,35)/b11-9+/t17-,20+,23+,24-,25+,26-,27+/m1/s1. The van der Waals surface area contributed by atoms with E-state index in [2.05, 4.69) is 11.1 Å². The van der Waals surface area contributed by atoms with Crippen LogP contribution < -0.4 is 0 Å².